The Kier molecular flexibility index (Phi) is 1.69. The Labute approximate surface area is 67.6 Å². The number of ether oxygens (including phenoxy) is 1. The van der Waals surface area contributed by atoms with Crippen molar-refractivity contribution >= 4 is 0 Å². The van der Waals surface area contributed by atoms with E-state index in [0.29, 0.717) is 12.0 Å². The van der Waals surface area contributed by atoms with E-state index in [-0.39, 0.29) is 5.60 Å². The molecular weight excluding hydrogens is 140 g/mol. The Bertz CT molecular complexity index is 152. The number of hydrogen-bond acceptors (Lipinski definition) is 2. The molecule has 2 nitrogen and oxygen atoms in total. The molecule has 1 saturated carbocycles. The zero-order chi connectivity index (χ0) is 7.90. The van der Waals surface area contributed by atoms with Gasteiger partial charge in [0.2, 0.25) is 0 Å². The molecule has 0 aromatic rings. The third-order valence-electron chi connectivity index (χ3n) is 3.00. The summed E-state index contributed by atoms with van der Waals surface area (Å²) in [6.45, 7) is 3.01. The average Bonchev–Trinajstić information content (AvgIpc) is 2.54. The van der Waals surface area contributed by atoms with E-state index in [1.54, 1.807) is 0 Å². The van der Waals surface area contributed by atoms with Crippen LogP contribution >= 0.6 is 0 Å². The molecule has 0 spiro atoms. The number of aliphatic hydroxyl groups is 1. The minimum atomic E-state index is -0.285. The molecule has 0 aromatic heterocycles. The molecule has 2 unspecified atom stereocenters. The Morgan fingerprint density at radius 2 is 2.27 bits per heavy atom. The summed E-state index contributed by atoms with van der Waals surface area (Å²) >= 11 is 0. The van der Waals surface area contributed by atoms with Gasteiger partial charge in [-0.15, -0.1) is 0 Å². The molecule has 0 radical (unpaired) electrons. The summed E-state index contributed by atoms with van der Waals surface area (Å²) in [4.78, 5) is 0. The SMILES string of the molecule is CC1OCCC1CC1(O)CC1. The van der Waals surface area contributed by atoms with Crippen LogP contribution in [0.15, 0.2) is 0 Å². The predicted molar refractivity (Wildman–Crippen MR) is 42.3 cm³/mol. The lowest BCUT2D eigenvalue weighted by Crippen LogP contribution is -2.19. The lowest BCUT2D eigenvalue weighted by molar-refractivity contribution is 0.0703. The second-order valence-electron chi connectivity index (χ2n) is 4.05. The average molecular weight is 156 g/mol. The molecule has 0 bridgehead atoms. The molecule has 2 fully saturated rings. The van der Waals surface area contributed by atoms with Gasteiger partial charge in [-0.05, 0) is 38.5 Å². The molecule has 1 N–H and O–H groups in total. The van der Waals surface area contributed by atoms with Gasteiger partial charge >= 0.3 is 0 Å². The van der Waals surface area contributed by atoms with Crippen LogP contribution in [0, 0.1) is 5.92 Å². The monoisotopic (exact) mass is 156 g/mol. The predicted octanol–water partition coefficient (Wildman–Crippen LogP) is 1.33. The lowest BCUT2D eigenvalue weighted by atomic mass is 9.94. The standard InChI is InChI=1S/C9H16O2/c1-7-8(2-5-11-7)6-9(10)3-4-9/h7-8,10H,2-6H2,1H3. The van der Waals surface area contributed by atoms with Gasteiger partial charge in [-0.25, -0.2) is 0 Å². The van der Waals surface area contributed by atoms with Crippen molar-refractivity contribution in [1.82, 2.24) is 0 Å². The quantitative estimate of drug-likeness (QED) is 0.653. The molecule has 1 heterocycles. The van der Waals surface area contributed by atoms with Crippen LogP contribution < -0.4 is 0 Å². The van der Waals surface area contributed by atoms with Crippen molar-refractivity contribution in [3.63, 3.8) is 0 Å². The van der Waals surface area contributed by atoms with E-state index in [4.69, 9.17) is 4.74 Å². The van der Waals surface area contributed by atoms with Crippen molar-refractivity contribution in [3.05, 3.63) is 0 Å². The van der Waals surface area contributed by atoms with Crippen molar-refractivity contribution in [2.75, 3.05) is 6.61 Å². The van der Waals surface area contributed by atoms with Crippen LogP contribution in [0.25, 0.3) is 0 Å². The van der Waals surface area contributed by atoms with Gasteiger partial charge in [0.15, 0.2) is 0 Å². The normalized spacial score (nSPS) is 40.9. The fourth-order valence-corrected chi connectivity index (χ4v) is 1.88. The maximum Gasteiger partial charge on any atom is 0.0653 e. The molecule has 1 aliphatic heterocycles. The van der Waals surface area contributed by atoms with Crippen molar-refractivity contribution in [2.45, 2.75) is 44.3 Å². The molecule has 2 aliphatic rings. The Morgan fingerprint density at radius 1 is 1.55 bits per heavy atom. The van der Waals surface area contributed by atoms with Crippen LogP contribution in [-0.2, 0) is 4.74 Å². The molecule has 1 saturated heterocycles. The summed E-state index contributed by atoms with van der Waals surface area (Å²) in [7, 11) is 0. The summed E-state index contributed by atoms with van der Waals surface area (Å²) in [5.41, 5.74) is -0.285. The third-order valence-corrected chi connectivity index (χ3v) is 3.00. The molecule has 2 atom stereocenters. The first-order valence-corrected chi connectivity index (χ1v) is 4.54. The van der Waals surface area contributed by atoms with Crippen molar-refractivity contribution in [2.24, 2.45) is 5.92 Å². The summed E-state index contributed by atoms with van der Waals surface area (Å²) in [6.07, 6.45) is 4.50. The highest BCUT2D eigenvalue weighted by Crippen LogP contribution is 2.43. The van der Waals surface area contributed by atoms with Gasteiger partial charge in [-0.3, -0.25) is 0 Å². The maximum absolute atomic E-state index is 9.65. The van der Waals surface area contributed by atoms with Crippen molar-refractivity contribution < 1.29 is 9.84 Å². The van der Waals surface area contributed by atoms with Crippen LogP contribution in [0.2, 0.25) is 0 Å². The van der Waals surface area contributed by atoms with E-state index >= 15 is 0 Å². The van der Waals surface area contributed by atoms with E-state index in [1.165, 1.54) is 0 Å². The highest BCUT2D eigenvalue weighted by Gasteiger charge is 2.44. The van der Waals surface area contributed by atoms with Gasteiger partial charge in [-0.2, -0.15) is 0 Å². The van der Waals surface area contributed by atoms with Crippen LogP contribution in [0.4, 0.5) is 0 Å². The maximum atomic E-state index is 9.65. The minimum absolute atomic E-state index is 0.285. The highest BCUT2D eigenvalue weighted by molar-refractivity contribution is 4.96. The third kappa shape index (κ3) is 1.57. The van der Waals surface area contributed by atoms with E-state index < -0.39 is 0 Å². The summed E-state index contributed by atoms with van der Waals surface area (Å²) in [5, 5.41) is 9.65. The van der Waals surface area contributed by atoms with Crippen LogP contribution in [0.3, 0.4) is 0 Å². The molecule has 0 aromatic carbocycles. The van der Waals surface area contributed by atoms with Gasteiger partial charge < -0.3 is 9.84 Å². The van der Waals surface area contributed by atoms with Crippen molar-refractivity contribution in [1.29, 1.82) is 0 Å². The first kappa shape index (κ1) is 7.56. The molecule has 2 heteroatoms. The second-order valence-corrected chi connectivity index (χ2v) is 4.05. The lowest BCUT2D eigenvalue weighted by Gasteiger charge is -2.16. The van der Waals surface area contributed by atoms with Crippen LogP contribution in [-0.4, -0.2) is 23.4 Å². The summed E-state index contributed by atoms with van der Waals surface area (Å²) in [5.74, 6) is 0.613. The van der Waals surface area contributed by atoms with E-state index in [9.17, 15) is 5.11 Å². The smallest absolute Gasteiger partial charge is 0.0653 e. The summed E-state index contributed by atoms with van der Waals surface area (Å²) < 4.78 is 5.43. The molecule has 2 rings (SSSR count). The topological polar surface area (TPSA) is 29.5 Å². The number of hydrogen-bond donors (Lipinski definition) is 1. The van der Waals surface area contributed by atoms with Crippen LogP contribution in [0.1, 0.15) is 32.6 Å². The van der Waals surface area contributed by atoms with Gasteiger partial charge in [-0.1, -0.05) is 0 Å². The molecular formula is C9H16O2. The second kappa shape index (κ2) is 2.46. The number of rotatable bonds is 2. The van der Waals surface area contributed by atoms with E-state index in [0.717, 1.165) is 32.3 Å². The van der Waals surface area contributed by atoms with Gasteiger partial charge in [0.1, 0.15) is 0 Å². The Balaban J connectivity index is 1.85. The summed E-state index contributed by atoms with van der Waals surface area (Å²) in [6, 6.07) is 0. The fourth-order valence-electron chi connectivity index (χ4n) is 1.88. The Hall–Kier alpha value is -0.0800. The first-order chi connectivity index (χ1) is 5.20. The minimum Gasteiger partial charge on any atom is -0.390 e. The van der Waals surface area contributed by atoms with E-state index in [1.807, 2.05) is 0 Å². The zero-order valence-corrected chi connectivity index (χ0v) is 7.05. The molecule has 11 heavy (non-hydrogen) atoms. The Morgan fingerprint density at radius 3 is 2.73 bits per heavy atom. The van der Waals surface area contributed by atoms with Gasteiger partial charge in [0.05, 0.1) is 11.7 Å². The highest BCUT2D eigenvalue weighted by atomic mass is 16.5. The fraction of sp³-hybridized carbons (Fsp3) is 1.00. The first-order valence-electron chi connectivity index (χ1n) is 4.54. The molecule has 64 valence electrons. The van der Waals surface area contributed by atoms with E-state index in [2.05, 4.69) is 6.92 Å². The zero-order valence-electron chi connectivity index (χ0n) is 7.05. The van der Waals surface area contributed by atoms with Crippen LogP contribution in [0.5, 0.6) is 0 Å². The van der Waals surface area contributed by atoms with Gasteiger partial charge in [0, 0.05) is 6.61 Å². The van der Waals surface area contributed by atoms with Gasteiger partial charge in [0.25, 0.3) is 0 Å². The van der Waals surface area contributed by atoms with Crippen molar-refractivity contribution in [3.8, 4) is 0 Å². The molecule has 0 amide bonds. The molecule has 1 aliphatic carbocycles. The largest absolute Gasteiger partial charge is 0.390 e.